The molecule has 0 spiro atoms. The van der Waals surface area contributed by atoms with Crippen LogP contribution in [-0.2, 0) is 0 Å². The van der Waals surface area contributed by atoms with Gasteiger partial charge in [-0.05, 0) is 24.6 Å². The van der Waals surface area contributed by atoms with Gasteiger partial charge in [-0.3, -0.25) is 0 Å². The summed E-state index contributed by atoms with van der Waals surface area (Å²) in [5.41, 5.74) is 1.88. The number of carbonyl (C=O) groups is 1. The van der Waals surface area contributed by atoms with E-state index in [9.17, 15) is 4.79 Å². The number of aromatic nitrogens is 3. The zero-order valence-corrected chi connectivity index (χ0v) is 13.1. The first-order chi connectivity index (χ1) is 11.2. The van der Waals surface area contributed by atoms with E-state index in [1.807, 2.05) is 31.2 Å². The smallest absolute Gasteiger partial charge is 0.318 e. The van der Waals surface area contributed by atoms with E-state index >= 15 is 0 Å². The summed E-state index contributed by atoms with van der Waals surface area (Å²) < 4.78 is 1.67. The lowest BCUT2D eigenvalue weighted by Gasteiger charge is -2.23. The molecule has 2 N–H and O–H groups in total. The molecule has 7 nitrogen and oxygen atoms in total. The van der Waals surface area contributed by atoms with Crippen LogP contribution in [0.5, 0.6) is 0 Å². The van der Waals surface area contributed by atoms with Crippen molar-refractivity contribution in [3.05, 3.63) is 54.9 Å². The fraction of sp³-hybridized carbons (Fsp3) is 0.312. The molecule has 2 aromatic rings. The topological polar surface area (TPSA) is 83.3 Å². The molecule has 0 saturated heterocycles. The van der Waals surface area contributed by atoms with Gasteiger partial charge in [-0.15, -0.1) is 11.7 Å². The SMILES string of the molecule is C=CCN(CCO)C(=O)NC(C)c1ccc(-n2ccnn2)cc1. The van der Waals surface area contributed by atoms with Gasteiger partial charge in [-0.2, -0.15) is 0 Å². The van der Waals surface area contributed by atoms with Crippen LogP contribution in [0.1, 0.15) is 18.5 Å². The Morgan fingerprint density at radius 1 is 1.48 bits per heavy atom. The highest BCUT2D eigenvalue weighted by molar-refractivity contribution is 5.74. The number of urea groups is 1. The van der Waals surface area contributed by atoms with Gasteiger partial charge in [0.05, 0.1) is 30.7 Å². The average molecular weight is 315 g/mol. The first kappa shape index (κ1) is 16.7. The van der Waals surface area contributed by atoms with Crippen LogP contribution < -0.4 is 5.32 Å². The summed E-state index contributed by atoms with van der Waals surface area (Å²) in [6, 6.07) is 7.33. The van der Waals surface area contributed by atoms with Crippen LogP contribution in [0, 0.1) is 0 Å². The summed E-state index contributed by atoms with van der Waals surface area (Å²) in [4.78, 5) is 13.7. The molecule has 0 aliphatic rings. The second kappa shape index (κ2) is 8.09. The second-order valence-electron chi connectivity index (χ2n) is 5.07. The Balaban J connectivity index is 2.01. The molecule has 0 fully saturated rings. The molecule has 1 unspecified atom stereocenters. The molecule has 0 radical (unpaired) electrons. The van der Waals surface area contributed by atoms with Crippen LogP contribution in [0.4, 0.5) is 4.79 Å². The molecule has 0 saturated carbocycles. The number of nitrogens with one attached hydrogen (secondary N) is 1. The number of amides is 2. The van der Waals surface area contributed by atoms with E-state index in [4.69, 9.17) is 5.11 Å². The summed E-state index contributed by atoms with van der Waals surface area (Å²) in [5, 5.41) is 19.6. The van der Waals surface area contributed by atoms with Gasteiger partial charge in [0.25, 0.3) is 0 Å². The molecule has 122 valence electrons. The standard InChI is InChI=1S/C16H21N5O2/c1-3-9-20(11-12-22)16(23)18-13(2)14-4-6-15(7-5-14)21-10-8-17-19-21/h3-8,10,13,22H,1,9,11-12H2,2H3,(H,18,23). The summed E-state index contributed by atoms with van der Waals surface area (Å²) in [6.07, 6.45) is 5.02. The summed E-state index contributed by atoms with van der Waals surface area (Å²) in [6.45, 7) is 6.12. The maximum absolute atomic E-state index is 12.2. The third-order valence-corrected chi connectivity index (χ3v) is 3.43. The third-order valence-electron chi connectivity index (χ3n) is 3.43. The lowest BCUT2D eigenvalue weighted by molar-refractivity contribution is 0.181. The monoisotopic (exact) mass is 315 g/mol. The number of carbonyl (C=O) groups excluding carboxylic acids is 1. The van der Waals surface area contributed by atoms with Gasteiger partial charge in [-0.25, -0.2) is 9.48 Å². The molecule has 23 heavy (non-hydrogen) atoms. The van der Waals surface area contributed by atoms with Gasteiger partial charge < -0.3 is 15.3 Å². The summed E-state index contributed by atoms with van der Waals surface area (Å²) in [5.74, 6) is 0. The first-order valence-corrected chi connectivity index (χ1v) is 7.39. The molecule has 0 aliphatic carbocycles. The summed E-state index contributed by atoms with van der Waals surface area (Å²) >= 11 is 0. The van der Waals surface area contributed by atoms with E-state index in [2.05, 4.69) is 22.2 Å². The lowest BCUT2D eigenvalue weighted by atomic mass is 10.1. The zero-order valence-electron chi connectivity index (χ0n) is 13.1. The number of hydrogen-bond acceptors (Lipinski definition) is 4. The molecule has 2 rings (SSSR count). The van der Waals surface area contributed by atoms with Crippen molar-refractivity contribution < 1.29 is 9.90 Å². The number of hydrogen-bond donors (Lipinski definition) is 2. The maximum atomic E-state index is 12.2. The molecule has 1 aromatic carbocycles. The molecule has 0 bridgehead atoms. The van der Waals surface area contributed by atoms with Crippen molar-refractivity contribution >= 4 is 6.03 Å². The predicted molar refractivity (Wildman–Crippen MR) is 87.2 cm³/mol. The normalized spacial score (nSPS) is 11.7. The summed E-state index contributed by atoms with van der Waals surface area (Å²) in [7, 11) is 0. The number of aliphatic hydroxyl groups excluding tert-OH is 1. The van der Waals surface area contributed by atoms with Crippen molar-refractivity contribution in [3.63, 3.8) is 0 Å². The van der Waals surface area contributed by atoms with Gasteiger partial charge in [0.15, 0.2) is 0 Å². The third kappa shape index (κ3) is 4.40. The molecule has 1 heterocycles. The minimum Gasteiger partial charge on any atom is -0.395 e. The number of aliphatic hydroxyl groups is 1. The van der Waals surface area contributed by atoms with E-state index in [0.717, 1.165) is 11.3 Å². The van der Waals surface area contributed by atoms with Crippen molar-refractivity contribution in [2.24, 2.45) is 0 Å². The van der Waals surface area contributed by atoms with Gasteiger partial charge in [0.1, 0.15) is 0 Å². The van der Waals surface area contributed by atoms with Crippen LogP contribution in [-0.4, -0.2) is 50.7 Å². The van der Waals surface area contributed by atoms with Gasteiger partial charge in [0, 0.05) is 13.1 Å². The molecule has 7 heteroatoms. The number of rotatable bonds is 7. The average Bonchev–Trinajstić information content (AvgIpc) is 3.09. The first-order valence-electron chi connectivity index (χ1n) is 7.39. The molecule has 1 atom stereocenters. The van der Waals surface area contributed by atoms with Gasteiger partial charge in [0.2, 0.25) is 0 Å². The Hall–Kier alpha value is -2.67. The highest BCUT2D eigenvalue weighted by atomic mass is 16.3. The molecular weight excluding hydrogens is 294 g/mol. The maximum Gasteiger partial charge on any atom is 0.318 e. The number of nitrogens with zero attached hydrogens (tertiary/aromatic N) is 4. The fourth-order valence-electron chi connectivity index (χ4n) is 2.17. The van der Waals surface area contributed by atoms with E-state index < -0.39 is 0 Å². The van der Waals surface area contributed by atoms with E-state index in [0.29, 0.717) is 6.54 Å². The Morgan fingerprint density at radius 2 is 2.22 bits per heavy atom. The van der Waals surface area contributed by atoms with Crippen LogP contribution in [0.15, 0.2) is 49.3 Å². The van der Waals surface area contributed by atoms with Crippen LogP contribution in [0.2, 0.25) is 0 Å². The lowest BCUT2D eigenvalue weighted by Crippen LogP contribution is -2.42. The minimum absolute atomic E-state index is 0.0811. The van der Waals surface area contributed by atoms with Crippen molar-refractivity contribution in [2.45, 2.75) is 13.0 Å². The predicted octanol–water partition coefficient (Wildman–Crippen LogP) is 1.52. The van der Waals surface area contributed by atoms with Crippen LogP contribution in [0.25, 0.3) is 5.69 Å². The van der Waals surface area contributed by atoms with E-state index in [-0.39, 0.29) is 25.2 Å². The molecule has 2 amide bonds. The quantitative estimate of drug-likeness (QED) is 0.759. The van der Waals surface area contributed by atoms with Crippen molar-refractivity contribution in [3.8, 4) is 5.69 Å². The molecular formula is C16H21N5O2. The number of benzene rings is 1. The largest absolute Gasteiger partial charge is 0.395 e. The second-order valence-corrected chi connectivity index (χ2v) is 5.07. The zero-order chi connectivity index (χ0) is 16.7. The molecule has 1 aromatic heterocycles. The van der Waals surface area contributed by atoms with Crippen molar-refractivity contribution in [1.82, 2.24) is 25.2 Å². The highest BCUT2D eigenvalue weighted by Gasteiger charge is 2.15. The Bertz CT molecular complexity index is 624. The minimum atomic E-state index is -0.230. The van der Waals surface area contributed by atoms with Crippen LogP contribution >= 0.6 is 0 Å². The van der Waals surface area contributed by atoms with Crippen molar-refractivity contribution in [2.75, 3.05) is 19.7 Å². The highest BCUT2D eigenvalue weighted by Crippen LogP contribution is 2.15. The van der Waals surface area contributed by atoms with Crippen LogP contribution in [0.3, 0.4) is 0 Å². The van der Waals surface area contributed by atoms with Crippen molar-refractivity contribution in [1.29, 1.82) is 0 Å². The van der Waals surface area contributed by atoms with Gasteiger partial charge >= 0.3 is 6.03 Å². The Labute approximate surface area is 135 Å². The van der Waals surface area contributed by atoms with Gasteiger partial charge in [-0.1, -0.05) is 23.4 Å². The Kier molecular flexibility index (Phi) is 5.87. The van der Waals surface area contributed by atoms with E-state index in [1.54, 1.807) is 23.2 Å². The molecule has 0 aliphatic heterocycles. The Morgan fingerprint density at radius 3 is 2.78 bits per heavy atom. The fourth-order valence-corrected chi connectivity index (χ4v) is 2.17. The van der Waals surface area contributed by atoms with E-state index in [1.165, 1.54) is 4.90 Å².